The first-order chi connectivity index (χ1) is 14.1. The highest BCUT2D eigenvalue weighted by molar-refractivity contribution is 5.97. The molecule has 0 aliphatic heterocycles. The van der Waals surface area contributed by atoms with E-state index < -0.39 is 0 Å². The van der Waals surface area contributed by atoms with Crippen LogP contribution in [0.15, 0.2) is 84.5 Å². The molecule has 1 N–H and O–H groups in total. The van der Waals surface area contributed by atoms with Gasteiger partial charge in [0.2, 0.25) is 5.91 Å². The summed E-state index contributed by atoms with van der Waals surface area (Å²) < 4.78 is 0. The van der Waals surface area contributed by atoms with Crippen molar-refractivity contribution in [2.24, 2.45) is 0 Å². The molecule has 2 aromatic carbocycles. The van der Waals surface area contributed by atoms with Crippen molar-refractivity contribution in [2.75, 3.05) is 11.4 Å². The van der Waals surface area contributed by atoms with Crippen molar-refractivity contribution in [1.29, 1.82) is 0 Å². The van der Waals surface area contributed by atoms with Crippen molar-refractivity contribution in [3.05, 3.63) is 90.0 Å². The van der Waals surface area contributed by atoms with Gasteiger partial charge in [0.05, 0.1) is 5.54 Å². The van der Waals surface area contributed by atoms with Gasteiger partial charge in [-0.05, 0) is 62.6 Å². The van der Waals surface area contributed by atoms with E-state index in [0.29, 0.717) is 13.0 Å². The quantitative estimate of drug-likeness (QED) is 0.589. The summed E-state index contributed by atoms with van der Waals surface area (Å²) in [5.74, 6) is 0.0108. The smallest absolute Gasteiger partial charge is 0.247 e. The molecule has 0 radical (unpaired) electrons. The van der Waals surface area contributed by atoms with Gasteiger partial charge in [-0.2, -0.15) is 0 Å². The molecule has 1 aliphatic rings. The second-order valence-electron chi connectivity index (χ2n) is 7.49. The van der Waals surface area contributed by atoms with Crippen LogP contribution >= 0.6 is 0 Å². The van der Waals surface area contributed by atoms with Crippen LogP contribution in [0.1, 0.15) is 39.2 Å². The van der Waals surface area contributed by atoms with Crippen molar-refractivity contribution in [3.63, 3.8) is 0 Å². The highest BCUT2D eigenvalue weighted by Crippen LogP contribution is 2.37. The van der Waals surface area contributed by atoms with E-state index in [4.69, 9.17) is 0 Å². The maximum Gasteiger partial charge on any atom is 0.247 e. The third kappa shape index (κ3) is 4.86. The van der Waals surface area contributed by atoms with Crippen LogP contribution in [0.3, 0.4) is 0 Å². The lowest BCUT2D eigenvalue weighted by molar-refractivity contribution is -0.117. The SMILES string of the molecule is CCNC(=O)/C(=C\c1ccc(N(c2ccccc2)[C@]2(C)C=CC=CC2)cc1)CC. The Balaban J connectivity index is 1.95. The van der Waals surface area contributed by atoms with Gasteiger partial charge < -0.3 is 10.2 Å². The van der Waals surface area contributed by atoms with Crippen molar-refractivity contribution in [1.82, 2.24) is 5.32 Å². The molecule has 0 fully saturated rings. The number of carbonyl (C=O) groups excluding carboxylic acids is 1. The minimum Gasteiger partial charge on any atom is -0.353 e. The van der Waals surface area contributed by atoms with Crippen LogP contribution in [-0.4, -0.2) is 18.0 Å². The molecule has 0 saturated carbocycles. The minimum atomic E-state index is -0.136. The largest absolute Gasteiger partial charge is 0.353 e. The fourth-order valence-corrected chi connectivity index (χ4v) is 3.72. The van der Waals surface area contributed by atoms with Crippen LogP contribution in [-0.2, 0) is 4.79 Å². The average molecular weight is 387 g/mol. The van der Waals surface area contributed by atoms with Crippen LogP contribution in [0.5, 0.6) is 0 Å². The van der Waals surface area contributed by atoms with E-state index >= 15 is 0 Å². The van der Waals surface area contributed by atoms with Gasteiger partial charge in [0.15, 0.2) is 0 Å². The number of amides is 1. The van der Waals surface area contributed by atoms with Crippen molar-refractivity contribution < 1.29 is 4.79 Å². The number of nitrogens with one attached hydrogen (secondary N) is 1. The number of likely N-dealkylation sites (N-methyl/N-ethyl adjacent to an activating group) is 1. The zero-order valence-corrected chi connectivity index (χ0v) is 17.6. The molecule has 0 spiro atoms. The van der Waals surface area contributed by atoms with E-state index in [1.165, 1.54) is 0 Å². The summed E-state index contributed by atoms with van der Waals surface area (Å²) in [5, 5.41) is 2.89. The number of rotatable bonds is 7. The lowest BCUT2D eigenvalue weighted by Gasteiger charge is -2.41. The molecule has 1 atom stereocenters. The van der Waals surface area contributed by atoms with E-state index in [1.54, 1.807) is 0 Å². The summed E-state index contributed by atoms with van der Waals surface area (Å²) in [6.07, 6.45) is 12.3. The first-order valence-electron chi connectivity index (χ1n) is 10.4. The van der Waals surface area contributed by atoms with E-state index in [-0.39, 0.29) is 11.4 Å². The first kappa shape index (κ1) is 20.7. The maximum absolute atomic E-state index is 12.2. The Hall–Kier alpha value is -3.07. The molecule has 1 aliphatic carbocycles. The van der Waals surface area contributed by atoms with Crippen molar-refractivity contribution in [2.45, 2.75) is 39.2 Å². The number of nitrogens with zero attached hydrogens (tertiary/aromatic N) is 1. The Morgan fingerprint density at radius 1 is 1.03 bits per heavy atom. The van der Waals surface area contributed by atoms with Crippen LogP contribution in [0, 0.1) is 0 Å². The Kier molecular flexibility index (Phi) is 6.71. The second-order valence-corrected chi connectivity index (χ2v) is 7.49. The molecule has 3 nitrogen and oxygen atoms in total. The number of para-hydroxylation sites is 1. The summed E-state index contributed by atoms with van der Waals surface area (Å²) in [6.45, 7) is 6.85. The Labute approximate surface area is 174 Å². The molecule has 29 heavy (non-hydrogen) atoms. The molecule has 0 saturated heterocycles. The maximum atomic E-state index is 12.2. The third-order valence-corrected chi connectivity index (χ3v) is 5.26. The van der Waals surface area contributed by atoms with E-state index in [0.717, 1.165) is 28.9 Å². The van der Waals surface area contributed by atoms with E-state index in [1.807, 2.05) is 26.0 Å². The number of anilines is 2. The lowest BCUT2D eigenvalue weighted by Crippen LogP contribution is -2.42. The summed E-state index contributed by atoms with van der Waals surface area (Å²) in [7, 11) is 0. The summed E-state index contributed by atoms with van der Waals surface area (Å²) in [5.41, 5.74) is 3.99. The molecule has 3 heteroatoms. The highest BCUT2D eigenvalue weighted by atomic mass is 16.1. The number of hydrogen-bond donors (Lipinski definition) is 1. The first-order valence-corrected chi connectivity index (χ1v) is 10.4. The van der Waals surface area contributed by atoms with Gasteiger partial charge in [0.25, 0.3) is 0 Å². The van der Waals surface area contributed by atoms with Gasteiger partial charge in [0, 0.05) is 23.5 Å². The van der Waals surface area contributed by atoms with Gasteiger partial charge in [-0.15, -0.1) is 0 Å². The second kappa shape index (κ2) is 9.42. The van der Waals surface area contributed by atoms with Crippen LogP contribution in [0.25, 0.3) is 6.08 Å². The molecule has 2 aromatic rings. The Morgan fingerprint density at radius 2 is 1.72 bits per heavy atom. The third-order valence-electron chi connectivity index (χ3n) is 5.26. The fraction of sp³-hybridized carbons (Fsp3) is 0.269. The number of carbonyl (C=O) groups is 1. The molecule has 0 heterocycles. The predicted molar refractivity (Wildman–Crippen MR) is 123 cm³/mol. The monoisotopic (exact) mass is 386 g/mol. The fourth-order valence-electron chi connectivity index (χ4n) is 3.72. The van der Waals surface area contributed by atoms with Crippen LogP contribution < -0.4 is 10.2 Å². The zero-order chi connectivity index (χ0) is 20.7. The van der Waals surface area contributed by atoms with E-state index in [9.17, 15) is 4.79 Å². The number of allylic oxidation sites excluding steroid dienone is 2. The minimum absolute atomic E-state index is 0.0108. The Morgan fingerprint density at radius 3 is 2.31 bits per heavy atom. The van der Waals surface area contributed by atoms with Gasteiger partial charge in [-0.3, -0.25) is 4.79 Å². The zero-order valence-electron chi connectivity index (χ0n) is 17.6. The molecule has 1 amide bonds. The Bertz CT molecular complexity index is 909. The topological polar surface area (TPSA) is 32.3 Å². The standard InChI is InChI=1S/C26H30N2O/c1-4-22(25(29)27-5-2)20-21-14-16-24(17-15-21)28(23-12-8-6-9-13-23)26(3)18-10-7-11-19-26/h6-18,20H,4-5,19H2,1-3H3,(H,27,29)/b22-20-/t26-/m1/s1. The summed E-state index contributed by atoms with van der Waals surface area (Å²) >= 11 is 0. The molecule has 0 unspecified atom stereocenters. The van der Waals surface area contributed by atoms with Gasteiger partial charge >= 0.3 is 0 Å². The molecular weight excluding hydrogens is 356 g/mol. The summed E-state index contributed by atoms with van der Waals surface area (Å²) in [4.78, 5) is 14.6. The van der Waals surface area contributed by atoms with Gasteiger partial charge in [-0.1, -0.05) is 61.6 Å². The molecule has 3 rings (SSSR count). The highest BCUT2D eigenvalue weighted by Gasteiger charge is 2.30. The molecule has 150 valence electrons. The average Bonchev–Trinajstić information content (AvgIpc) is 2.74. The van der Waals surface area contributed by atoms with Crippen LogP contribution in [0.4, 0.5) is 11.4 Å². The van der Waals surface area contributed by atoms with Crippen LogP contribution in [0.2, 0.25) is 0 Å². The number of benzene rings is 2. The van der Waals surface area contributed by atoms with Gasteiger partial charge in [0.1, 0.15) is 0 Å². The van der Waals surface area contributed by atoms with Crippen molar-refractivity contribution in [3.8, 4) is 0 Å². The molecule has 0 aromatic heterocycles. The lowest BCUT2D eigenvalue weighted by atomic mass is 9.90. The van der Waals surface area contributed by atoms with Crippen molar-refractivity contribution >= 4 is 23.4 Å². The van der Waals surface area contributed by atoms with Gasteiger partial charge in [-0.25, -0.2) is 0 Å². The summed E-state index contributed by atoms with van der Waals surface area (Å²) in [6, 6.07) is 18.9. The molecule has 0 bridgehead atoms. The number of hydrogen-bond acceptors (Lipinski definition) is 2. The predicted octanol–water partition coefficient (Wildman–Crippen LogP) is 6.03. The molecular formula is C26H30N2O. The van der Waals surface area contributed by atoms with E-state index in [2.05, 4.69) is 90.0 Å². The normalized spacial score (nSPS) is 18.5.